The molecule has 1 fully saturated rings. The summed E-state index contributed by atoms with van der Waals surface area (Å²) in [6.45, 7) is 3.77. The number of anilines is 1. The largest absolute Gasteiger partial charge is 0.355 e. The van der Waals surface area contributed by atoms with Crippen molar-refractivity contribution in [3.05, 3.63) is 47.1 Å². The third-order valence-electron chi connectivity index (χ3n) is 5.10. The summed E-state index contributed by atoms with van der Waals surface area (Å²) in [5, 5.41) is 5.23. The Balaban J connectivity index is 1.30. The Morgan fingerprint density at radius 2 is 2.14 bits per heavy atom. The number of carbonyl (C=O) groups excluding carboxylic acids is 1. The molecule has 0 unspecified atom stereocenters. The number of nitrogens with zero attached hydrogens (tertiary/aromatic N) is 4. The van der Waals surface area contributed by atoms with Crippen molar-refractivity contribution in [2.24, 2.45) is 0 Å². The monoisotopic (exact) mass is 399 g/mol. The Morgan fingerprint density at radius 1 is 1.32 bits per heavy atom. The zero-order chi connectivity index (χ0) is 19.5. The molecule has 8 heteroatoms. The van der Waals surface area contributed by atoms with E-state index >= 15 is 0 Å². The number of halogens is 1. The van der Waals surface area contributed by atoms with Crippen LogP contribution < -0.4 is 10.2 Å². The maximum absolute atomic E-state index is 13.1. The predicted octanol–water partition coefficient (Wildman–Crippen LogP) is 3.25. The van der Waals surface area contributed by atoms with Gasteiger partial charge < -0.3 is 10.2 Å². The normalized spacial score (nSPS) is 15.1. The molecular weight excluding hydrogens is 377 g/mol. The molecule has 4 rings (SSSR count). The van der Waals surface area contributed by atoms with Gasteiger partial charge in [-0.05, 0) is 54.8 Å². The summed E-state index contributed by atoms with van der Waals surface area (Å²) in [6.07, 6.45) is 5.69. The number of aromatic nitrogens is 3. The van der Waals surface area contributed by atoms with Gasteiger partial charge in [0.2, 0.25) is 11.9 Å². The fraction of sp³-hybridized carbons (Fsp3) is 0.400. The van der Waals surface area contributed by atoms with Gasteiger partial charge in [0.15, 0.2) is 0 Å². The van der Waals surface area contributed by atoms with Crippen molar-refractivity contribution in [1.82, 2.24) is 20.3 Å². The second-order valence-electron chi connectivity index (χ2n) is 7.11. The number of amides is 1. The van der Waals surface area contributed by atoms with Gasteiger partial charge in [0.25, 0.3) is 0 Å². The summed E-state index contributed by atoms with van der Waals surface area (Å²) >= 11 is 1.68. The minimum absolute atomic E-state index is 0.00831. The number of aryl methyl sites for hydroxylation is 2. The predicted molar refractivity (Wildman–Crippen MR) is 108 cm³/mol. The van der Waals surface area contributed by atoms with Gasteiger partial charge in [0.05, 0.1) is 10.2 Å². The average molecular weight is 399 g/mol. The van der Waals surface area contributed by atoms with Gasteiger partial charge in [-0.15, -0.1) is 11.3 Å². The molecule has 6 nitrogen and oxygen atoms in total. The van der Waals surface area contributed by atoms with E-state index in [1.54, 1.807) is 23.7 Å². The molecule has 1 N–H and O–H groups in total. The number of carbonyl (C=O) groups is 1. The van der Waals surface area contributed by atoms with Crippen molar-refractivity contribution < 1.29 is 9.18 Å². The maximum atomic E-state index is 13.1. The van der Waals surface area contributed by atoms with Gasteiger partial charge in [0.1, 0.15) is 12.1 Å². The number of thiophene rings is 1. The highest BCUT2D eigenvalue weighted by Gasteiger charge is 2.23. The quantitative estimate of drug-likeness (QED) is 0.667. The second kappa shape index (κ2) is 8.18. The molecule has 0 spiro atoms. The second-order valence-corrected chi connectivity index (χ2v) is 7.99. The van der Waals surface area contributed by atoms with Crippen LogP contribution in [-0.2, 0) is 11.2 Å². The van der Waals surface area contributed by atoms with Crippen molar-refractivity contribution in [3.63, 3.8) is 0 Å². The van der Waals surface area contributed by atoms with Gasteiger partial charge in [0, 0.05) is 31.7 Å². The van der Waals surface area contributed by atoms with Crippen molar-refractivity contribution in [2.45, 2.75) is 38.6 Å². The number of hydrogen-bond donors (Lipinski definition) is 1. The Bertz CT molecular complexity index is 984. The number of nitrogens with one attached hydrogen (secondary N) is 1. The first-order valence-electron chi connectivity index (χ1n) is 9.43. The van der Waals surface area contributed by atoms with E-state index in [9.17, 15) is 9.18 Å². The highest BCUT2D eigenvalue weighted by atomic mass is 32.1. The lowest BCUT2D eigenvalue weighted by molar-refractivity contribution is -0.121. The first kappa shape index (κ1) is 18.7. The molecule has 146 valence electrons. The molecule has 1 aliphatic rings. The summed E-state index contributed by atoms with van der Waals surface area (Å²) < 4.78 is 14.2. The summed E-state index contributed by atoms with van der Waals surface area (Å²) in [6, 6.07) is 3.28. The number of pyridine rings is 1. The number of piperidine rings is 1. The standard InChI is InChI=1S/C20H22FN5OS/c1-13-11-28-19-18(13)23-12-24-20(19)26-8-5-15(6-9-26)25-17(27)3-2-14-4-7-22-16(21)10-14/h4,7,10-12,15H,2-3,5-6,8-9H2,1H3,(H,25,27). The van der Waals surface area contributed by atoms with E-state index in [1.165, 1.54) is 17.8 Å². The molecule has 0 aromatic carbocycles. The lowest BCUT2D eigenvalue weighted by atomic mass is 10.0. The fourth-order valence-corrected chi connectivity index (χ4v) is 4.59. The molecule has 28 heavy (non-hydrogen) atoms. The molecule has 1 saturated heterocycles. The Kier molecular flexibility index (Phi) is 5.47. The van der Waals surface area contributed by atoms with Crippen LogP contribution in [0.1, 0.15) is 30.4 Å². The van der Waals surface area contributed by atoms with Crippen molar-refractivity contribution >= 4 is 33.3 Å². The van der Waals surface area contributed by atoms with E-state index in [-0.39, 0.29) is 11.9 Å². The van der Waals surface area contributed by atoms with Gasteiger partial charge in [-0.1, -0.05) is 0 Å². The van der Waals surface area contributed by atoms with Crippen LogP contribution in [0.5, 0.6) is 0 Å². The maximum Gasteiger partial charge on any atom is 0.220 e. The van der Waals surface area contributed by atoms with E-state index in [2.05, 4.69) is 37.5 Å². The van der Waals surface area contributed by atoms with Crippen LogP contribution in [0.25, 0.3) is 10.2 Å². The Labute approximate surface area is 166 Å². The van der Waals surface area contributed by atoms with E-state index in [4.69, 9.17) is 0 Å². The van der Waals surface area contributed by atoms with Crippen molar-refractivity contribution in [1.29, 1.82) is 0 Å². The summed E-state index contributed by atoms with van der Waals surface area (Å²) in [5.41, 5.74) is 2.99. The SMILES string of the molecule is Cc1csc2c(N3CCC(NC(=O)CCc4ccnc(F)c4)CC3)ncnc12. The molecule has 1 aliphatic heterocycles. The molecule has 0 radical (unpaired) electrons. The molecule has 1 amide bonds. The summed E-state index contributed by atoms with van der Waals surface area (Å²) in [7, 11) is 0. The number of rotatable bonds is 5. The Hall–Kier alpha value is -2.61. The Morgan fingerprint density at radius 3 is 2.93 bits per heavy atom. The van der Waals surface area contributed by atoms with Crippen LogP contribution in [0, 0.1) is 12.9 Å². The van der Waals surface area contributed by atoms with Gasteiger partial charge in [-0.3, -0.25) is 4.79 Å². The van der Waals surface area contributed by atoms with E-state index in [0.717, 1.165) is 47.5 Å². The fourth-order valence-electron chi connectivity index (χ4n) is 3.57. The molecule has 0 saturated carbocycles. The molecule has 0 bridgehead atoms. The summed E-state index contributed by atoms with van der Waals surface area (Å²) in [4.78, 5) is 27.0. The third-order valence-corrected chi connectivity index (χ3v) is 6.19. The summed E-state index contributed by atoms with van der Waals surface area (Å²) in [5.74, 6) is 0.492. The minimum Gasteiger partial charge on any atom is -0.355 e. The van der Waals surface area contributed by atoms with E-state index in [0.29, 0.717) is 12.8 Å². The zero-order valence-corrected chi connectivity index (χ0v) is 16.5. The zero-order valence-electron chi connectivity index (χ0n) is 15.7. The van der Waals surface area contributed by atoms with Gasteiger partial charge in [-0.2, -0.15) is 4.39 Å². The molecule has 3 aromatic heterocycles. The topological polar surface area (TPSA) is 71.0 Å². The van der Waals surface area contributed by atoms with Crippen LogP contribution in [0.2, 0.25) is 0 Å². The van der Waals surface area contributed by atoms with Gasteiger partial charge in [-0.25, -0.2) is 15.0 Å². The first-order valence-corrected chi connectivity index (χ1v) is 10.3. The molecule has 0 aliphatic carbocycles. The number of fused-ring (bicyclic) bond motifs is 1. The van der Waals surface area contributed by atoms with Crippen molar-refractivity contribution in [3.8, 4) is 0 Å². The highest BCUT2D eigenvalue weighted by Crippen LogP contribution is 2.32. The van der Waals surface area contributed by atoms with E-state index < -0.39 is 5.95 Å². The van der Waals surface area contributed by atoms with Crippen molar-refractivity contribution in [2.75, 3.05) is 18.0 Å². The lowest BCUT2D eigenvalue weighted by Crippen LogP contribution is -2.45. The molecular formula is C20H22FN5OS. The smallest absolute Gasteiger partial charge is 0.220 e. The number of hydrogen-bond acceptors (Lipinski definition) is 6. The van der Waals surface area contributed by atoms with Crippen LogP contribution >= 0.6 is 11.3 Å². The first-order chi connectivity index (χ1) is 13.6. The lowest BCUT2D eigenvalue weighted by Gasteiger charge is -2.33. The van der Waals surface area contributed by atoms with Crippen LogP contribution in [0.3, 0.4) is 0 Å². The third kappa shape index (κ3) is 4.11. The van der Waals surface area contributed by atoms with Crippen LogP contribution in [-0.4, -0.2) is 40.0 Å². The van der Waals surface area contributed by atoms with Gasteiger partial charge >= 0.3 is 0 Å². The highest BCUT2D eigenvalue weighted by molar-refractivity contribution is 7.18. The average Bonchev–Trinajstić information content (AvgIpc) is 3.08. The molecule has 4 heterocycles. The van der Waals surface area contributed by atoms with Crippen LogP contribution in [0.4, 0.5) is 10.2 Å². The van der Waals surface area contributed by atoms with Crippen LogP contribution in [0.15, 0.2) is 30.0 Å². The van der Waals surface area contributed by atoms with E-state index in [1.807, 2.05) is 0 Å². The minimum atomic E-state index is -0.509. The molecule has 0 atom stereocenters. The molecule has 3 aromatic rings.